The highest BCUT2D eigenvalue weighted by Crippen LogP contribution is 2.15. The largest absolute Gasteiger partial charge is 0.478 e. The molecule has 1 aliphatic carbocycles. The van der Waals surface area contributed by atoms with Crippen molar-refractivity contribution in [3.8, 4) is 0 Å². The van der Waals surface area contributed by atoms with Crippen LogP contribution in [0, 0.1) is 0 Å². The molecule has 1 rings (SSSR count). The van der Waals surface area contributed by atoms with Crippen LogP contribution in [0.1, 0.15) is 59.3 Å². The van der Waals surface area contributed by atoms with Gasteiger partial charge in [0.25, 0.3) is 0 Å². The van der Waals surface area contributed by atoms with Crippen molar-refractivity contribution in [3.63, 3.8) is 0 Å². The third-order valence-electron chi connectivity index (χ3n) is 2.27. The van der Waals surface area contributed by atoms with Gasteiger partial charge < -0.3 is 9.84 Å². The number of carboxylic acid groups (broad SMARTS) is 1. The van der Waals surface area contributed by atoms with E-state index < -0.39 is 17.5 Å². The summed E-state index contributed by atoms with van der Waals surface area (Å²) in [5, 5.41) is 8.17. The van der Waals surface area contributed by atoms with Crippen molar-refractivity contribution < 1.29 is 19.4 Å². The minimum Gasteiger partial charge on any atom is -0.478 e. The molecule has 104 valence electrons. The number of carbonyl (C=O) groups is 2. The zero-order valence-electron chi connectivity index (χ0n) is 11.6. The maximum Gasteiger partial charge on any atom is 0.331 e. The Morgan fingerprint density at radius 2 is 1.33 bits per heavy atom. The van der Waals surface area contributed by atoms with E-state index in [4.69, 9.17) is 9.84 Å². The van der Waals surface area contributed by atoms with Gasteiger partial charge in [-0.2, -0.15) is 0 Å². The molecule has 0 aromatic carbocycles. The molecule has 4 nitrogen and oxygen atoms in total. The fourth-order valence-electron chi connectivity index (χ4n) is 1.54. The molecule has 0 aromatic rings. The SMILES string of the molecule is C1CCCCC1.CC(C)(C)OC(=O)C=CC(=O)O. The molecule has 0 radical (unpaired) electrons. The van der Waals surface area contributed by atoms with Crippen molar-refractivity contribution in [3.05, 3.63) is 12.2 Å². The van der Waals surface area contributed by atoms with Crippen LogP contribution in [0.3, 0.4) is 0 Å². The summed E-state index contributed by atoms with van der Waals surface area (Å²) >= 11 is 0. The summed E-state index contributed by atoms with van der Waals surface area (Å²) in [5.41, 5.74) is -0.583. The van der Waals surface area contributed by atoms with E-state index in [2.05, 4.69) is 0 Å². The summed E-state index contributed by atoms with van der Waals surface area (Å²) in [6.45, 7) is 5.12. The molecule has 0 unspecified atom stereocenters. The standard InChI is InChI=1S/C8H12O4.C6H12/c1-8(2,3)12-7(11)5-4-6(9)10;1-2-4-6-5-3-1/h4-5H,1-3H3,(H,9,10);1-6H2. The Morgan fingerprint density at radius 1 is 0.944 bits per heavy atom. The third-order valence-corrected chi connectivity index (χ3v) is 2.27. The Labute approximate surface area is 109 Å². The molecular weight excluding hydrogens is 232 g/mol. The number of hydrogen-bond donors (Lipinski definition) is 1. The fraction of sp³-hybridized carbons (Fsp3) is 0.714. The molecule has 0 amide bonds. The number of ether oxygens (including phenoxy) is 1. The van der Waals surface area contributed by atoms with Crippen LogP contribution in [0.4, 0.5) is 0 Å². The van der Waals surface area contributed by atoms with Gasteiger partial charge in [0.1, 0.15) is 5.60 Å². The first-order valence-corrected chi connectivity index (χ1v) is 6.45. The zero-order chi connectivity index (χ0) is 14.0. The number of carbonyl (C=O) groups excluding carboxylic acids is 1. The topological polar surface area (TPSA) is 63.6 Å². The van der Waals surface area contributed by atoms with Crippen LogP contribution in [-0.4, -0.2) is 22.6 Å². The second-order valence-electron chi connectivity index (χ2n) is 5.33. The van der Waals surface area contributed by atoms with Gasteiger partial charge in [-0.1, -0.05) is 38.5 Å². The van der Waals surface area contributed by atoms with E-state index in [0.717, 1.165) is 12.2 Å². The van der Waals surface area contributed by atoms with Crippen molar-refractivity contribution in [2.75, 3.05) is 0 Å². The van der Waals surface area contributed by atoms with Crippen LogP contribution in [0.25, 0.3) is 0 Å². The lowest BCUT2D eigenvalue weighted by Crippen LogP contribution is -2.22. The van der Waals surface area contributed by atoms with E-state index in [0.29, 0.717) is 0 Å². The molecule has 0 saturated heterocycles. The number of esters is 1. The number of rotatable bonds is 2. The Balaban J connectivity index is 0.000000397. The van der Waals surface area contributed by atoms with Gasteiger partial charge in [0.15, 0.2) is 0 Å². The van der Waals surface area contributed by atoms with Gasteiger partial charge >= 0.3 is 11.9 Å². The second kappa shape index (κ2) is 8.72. The molecule has 1 fully saturated rings. The maximum atomic E-state index is 10.8. The molecule has 0 aliphatic heterocycles. The number of aliphatic carboxylic acids is 1. The summed E-state index contributed by atoms with van der Waals surface area (Å²) in [4.78, 5) is 20.8. The van der Waals surface area contributed by atoms with E-state index in [-0.39, 0.29) is 0 Å². The Hall–Kier alpha value is -1.32. The maximum absolute atomic E-state index is 10.8. The van der Waals surface area contributed by atoms with Crippen molar-refractivity contribution in [2.24, 2.45) is 0 Å². The van der Waals surface area contributed by atoms with Gasteiger partial charge in [0.2, 0.25) is 0 Å². The average Bonchev–Trinajstić information content (AvgIpc) is 2.27. The lowest BCUT2D eigenvalue weighted by molar-refractivity contribution is -0.148. The summed E-state index contributed by atoms with van der Waals surface area (Å²) < 4.78 is 4.80. The van der Waals surface area contributed by atoms with E-state index in [1.807, 2.05) is 0 Å². The molecule has 0 spiro atoms. The Bertz CT molecular complexity index is 271. The number of carboxylic acids is 1. The first-order chi connectivity index (χ1) is 8.31. The van der Waals surface area contributed by atoms with Gasteiger partial charge in [0, 0.05) is 12.2 Å². The lowest BCUT2D eigenvalue weighted by atomic mass is 10.0. The first-order valence-electron chi connectivity index (χ1n) is 6.45. The molecule has 0 aromatic heterocycles. The minimum absolute atomic E-state index is 0.583. The molecule has 0 bridgehead atoms. The molecule has 0 heterocycles. The second-order valence-corrected chi connectivity index (χ2v) is 5.33. The van der Waals surface area contributed by atoms with Crippen molar-refractivity contribution in [1.82, 2.24) is 0 Å². The van der Waals surface area contributed by atoms with Crippen LogP contribution in [0.5, 0.6) is 0 Å². The molecular formula is C14H24O4. The van der Waals surface area contributed by atoms with Gasteiger partial charge in [-0.15, -0.1) is 0 Å². The van der Waals surface area contributed by atoms with Crippen LogP contribution in [0.15, 0.2) is 12.2 Å². The van der Waals surface area contributed by atoms with Gasteiger partial charge in [-0.05, 0) is 20.8 Å². The number of hydrogen-bond acceptors (Lipinski definition) is 3. The summed E-state index contributed by atoms with van der Waals surface area (Å²) in [5.74, 6) is -1.81. The minimum atomic E-state index is -1.17. The normalized spacial score (nSPS) is 15.7. The van der Waals surface area contributed by atoms with Crippen molar-refractivity contribution >= 4 is 11.9 Å². The predicted molar refractivity (Wildman–Crippen MR) is 70.3 cm³/mol. The monoisotopic (exact) mass is 256 g/mol. The fourth-order valence-corrected chi connectivity index (χ4v) is 1.54. The highest BCUT2D eigenvalue weighted by molar-refractivity contribution is 5.90. The van der Waals surface area contributed by atoms with Gasteiger partial charge in [-0.25, -0.2) is 9.59 Å². The first kappa shape index (κ1) is 16.7. The molecule has 4 heteroatoms. The average molecular weight is 256 g/mol. The summed E-state index contributed by atoms with van der Waals surface area (Å²) in [6.07, 6.45) is 10.6. The molecule has 1 aliphatic rings. The zero-order valence-corrected chi connectivity index (χ0v) is 11.6. The summed E-state index contributed by atoms with van der Waals surface area (Å²) in [6, 6.07) is 0. The molecule has 1 saturated carbocycles. The van der Waals surface area contributed by atoms with Crippen LogP contribution in [0.2, 0.25) is 0 Å². The van der Waals surface area contributed by atoms with Crippen LogP contribution in [-0.2, 0) is 14.3 Å². The van der Waals surface area contributed by atoms with Gasteiger partial charge in [-0.3, -0.25) is 0 Å². The van der Waals surface area contributed by atoms with Crippen molar-refractivity contribution in [1.29, 1.82) is 0 Å². The Kier molecular flexibility index (Phi) is 8.08. The van der Waals surface area contributed by atoms with Crippen molar-refractivity contribution in [2.45, 2.75) is 64.9 Å². The summed E-state index contributed by atoms with van der Waals surface area (Å²) in [7, 11) is 0. The highest BCUT2D eigenvalue weighted by Gasteiger charge is 2.13. The van der Waals surface area contributed by atoms with E-state index in [1.165, 1.54) is 38.5 Å². The molecule has 18 heavy (non-hydrogen) atoms. The van der Waals surface area contributed by atoms with Crippen LogP contribution >= 0.6 is 0 Å². The smallest absolute Gasteiger partial charge is 0.331 e. The quantitative estimate of drug-likeness (QED) is 0.608. The third kappa shape index (κ3) is 12.7. The predicted octanol–water partition coefficient (Wildman–Crippen LogP) is 3.31. The molecule has 1 N–H and O–H groups in total. The van der Waals surface area contributed by atoms with E-state index >= 15 is 0 Å². The molecule has 0 atom stereocenters. The van der Waals surface area contributed by atoms with E-state index in [9.17, 15) is 9.59 Å². The van der Waals surface area contributed by atoms with Crippen LogP contribution < -0.4 is 0 Å². The lowest BCUT2D eigenvalue weighted by Gasteiger charge is -2.17. The van der Waals surface area contributed by atoms with Gasteiger partial charge in [0.05, 0.1) is 0 Å². The highest BCUT2D eigenvalue weighted by atomic mass is 16.6. The van der Waals surface area contributed by atoms with E-state index in [1.54, 1.807) is 20.8 Å². The Morgan fingerprint density at radius 3 is 1.61 bits per heavy atom.